The quantitative estimate of drug-likeness (QED) is 0.0156. The first kappa shape index (κ1) is 68.4. The van der Waals surface area contributed by atoms with E-state index in [0.29, 0.717) is 23.9 Å². The molecule has 1 amide bonds. The number of carbonyl (C=O) groups is 2. The minimum atomic E-state index is -4.47. The number of hydrogen-bond donors (Lipinski definition) is 2. The molecule has 0 rings (SSSR count). The number of nitrogens with one attached hydrogen (secondary N) is 1. The van der Waals surface area contributed by atoms with E-state index in [1.165, 1.54) is 70.6 Å². The van der Waals surface area contributed by atoms with Gasteiger partial charge < -0.3 is 19.4 Å². The molecule has 0 bridgehead atoms. The normalized spacial score (nSPS) is 14.7. The van der Waals surface area contributed by atoms with Gasteiger partial charge in [0.15, 0.2) is 0 Å². The van der Waals surface area contributed by atoms with Crippen molar-refractivity contribution in [3.63, 3.8) is 0 Å². The molecule has 3 unspecified atom stereocenters. The van der Waals surface area contributed by atoms with Gasteiger partial charge in [-0.1, -0.05) is 226 Å². The van der Waals surface area contributed by atoms with Crippen molar-refractivity contribution in [3.8, 4) is 0 Å². The minimum Gasteiger partial charge on any atom is -0.456 e. The van der Waals surface area contributed by atoms with Gasteiger partial charge in [0.05, 0.1) is 33.8 Å². The summed E-state index contributed by atoms with van der Waals surface area (Å²) in [7, 11) is 1.43. The van der Waals surface area contributed by atoms with Gasteiger partial charge in [0.1, 0.15) is 19.3 Å². The van der Waals surface area contributed by atoms with Crippen LogP contribution in [0.1, 0.15) is 207 Å². The molecule has 2 N–H and O–H groups in total. The van der Waals surface area contributed by atoms with Gasteiger partial charge in [-0.25, -0.2) is 4.57 Å². The van der Waals surface area contributed by atoms with Crippen molar-refractivity contribution in [1.82, 2.24) is 5.32 Å². The monoisotopic (exact) mass is 1020 g/mol. The minimum absolute atomic E-state index is 0.0198. The number of unbranched alkanes of at least 4 members (excludes halogenated alkanes) is 17. The Morgan fingerprint density at radius 3 is 1.49 bits per heavy atom. The summed E-state index contributed by atoms with van der Waals surface area (Å²) in [6, 6.07) is -0.892. The lowest BCUT2D eigenvalue weighted by molar-refractivity contribution is -0.870. The molecule has 0 saturated carbocycles. The number of hydrogen-bond acceptors (Lipinski definition) is 6. The van der Waals surface area contributed by atoms with Gasteiger partial charge in [-0.3, -0.25) is 18.6 Å². The zero-order valence-corrected chi connectivity index (χ0v) is 47.5. The number of likely N-dealkylation sites (N-methyl/N-ethyl adjacent to an activating group) is 1. The van der Waals surface area contributed by atoms with E-state index in [4.69, 9.17) is 13.8 Å². The van der Waals surface area contributed by atoms with Crippen LogP contribution in [0.2, 0.25) is 0 Å². The fourth-order valence-corrected chi connectivity index (χ4v) is 8.11. The van der Waals surface area contributed by atoms with Gasteiger partial charge in [-0.15, -0.1) is 0 Å². The predicted octanol–water partition coefficient (Wildman–Crippen LogP) is 17.2. The highest BCUT2D eigenvalue weighted by Gasteiger charge is 2.30. The maximum Gasteiger partial charge on any atom is 0.472 e. The molecule has 3 atom stereocenters. The summed E-state index contributed by atoms with van der Waals surface area (Å²) in [5.41, 5.74) is 0. The highest BCUT2D eigenvalue weighted by Crippen LogP contribution is 2.43. The van der Waals surface area contributed by atoms with E-state index < -0.39 is 25.9 Å². The lowest BCUT2D eigenvalue weighted by atomic mass is 10.0. The summed E-state index contributed by atoms with van der Waals surface area (Å²) in [6.45, 7) is 6.68. The van der Waals surface area contributed by atoms with Crippen LogP contribution in [0.3, 0.4) is 0 Å². The molecule has 0 spiro atoms. The van der Waals surface area contributed by atoms with Crippen LogP contribution >= 0.6 is 7.82 Å². The van der Waals surface area contributed by atoms with Crippen molar-refractivity contribution in [3.05, 3.63) is 122 Å². The molecule has 0 heterocycles. The lowest BCUT2D eigenvalue weighted by Gasteiger charge is -2.27. The SMILES string of the molecule is CC/C=C\C/C=C\C/C=C\C/C=C\C/C=C\C/C=C\CCC(=O)OC(/C=C/CCCCCCCCCCCC)C(COP(=O)(O)OCC[N+](C)(C)C)NC(=O)CCCCCCCCC/C=C/C=C/C=C/CC. The summed E-state index contributed by atoms with van der Waals surface area (Å²) in [5.74, 6) is -0.628. The number of nitrogens with zero attached hydrogens (tertiary/aromatic N) is 1. The van der Waals surface area contributed by atoms with Crippen LogP contribution in [-0.2, 0) is 27.9 Å². The average molecular weight is 1020 g/mol. The number of ether oxygens (including phenoxy) is 1. The standard InChI is InChI=1S/C62H105N2O7P/c1-7-10-13-16-19-22-25-28-30-31-32-33-35-37-40-43-46-49-52-55-62(66)71-60(53-50-47-44-41-38-27-24-21-18-15-12-9-3)59(58-70-72(67,68)69-57-56-64(4,5)6)63-61(65)54-51-48-45-42-39-36-34-29-26-23-20-17-14-11-8-2/h10-11,13-14,17,19-20,22-23,26,28,30,32-33,37,40,46,49-50,53,59-60H,7-9,12,15-16,18,21,24-25,27,29,31,34-36,38-39,41-45,47-48,51-52,54-58H2,1-6H3,(H-,63,65,67,68)/p+1/b13-10-,14-11+,20-17+,22-19-,26-23+,30-28-,33-32-,40-37-,49-46-,53-50+. The fourth-order valence-electron chi connectivity index (χ4n) is 7.38. The second-order valence-corrected chi connectivity index (χ2v) is 21.2. The van der Waals surface area contributed by atoms with Crippen LogP contribution in [0.25, 0.3) is 0 Å². The van der Waals surface area contributed by atoms with Crippen LogP contribution in [0, 0.1) is 0 Å². The smallest absolute Gasteiger partial charge is 0.456 e. The molecule has 0 aromatic rings. The van der Waals surface area contributed by atoms with Crippen molar-refractivity contribution in [2.75, 3.05) is 40.9 Å². The van der Waals surface area contributed by atoms with Crippen molar-refractivity contribution < 1.29 is 37.3 Å². The number of phosphoric acid groups is 1. The van der Waals surface area contributed by atoms with Crippen LogP contribution in [-0.4, -0.2) is 74.3 Å². The number of carbonyl (C=O) groups excluding carboxylic acids is 2. The summed E-state index contributed by atoms with van der Waals surface area (Å²) in [5, 5.41) is 3.02. The van der Waals surface area contributed by atoms with Crippen LogP contribution < -0.4 is 5.32 Å². The van der Waals surface area contributed by atoms with E-state index in [0.717, 1.165) is 96.3 Å². The molecule has 0 radical (unpaired) electrons. The lowest BCUT2D eigenvalue weighted by Crippen LogP contribution is -2.47. The highest BCUT2D eigenvalue weighted by atomic mass is 31.2. The number of amides is 1. The molecule has 0 aromatic heterocycles. The third-order valence-electron chi connectivity index (χ3n) is 11.7. The summed E-state index contributed by atoms with van der Waals surface area (Å²) < 4.78 is 30.5. The number of quaternary nitrogens is 1. The Morgan fingerprint density at radius 1 is 0.514 bits per heavy atom. The Labute approximate surface area is 442 Å². The molecule has 72 heavy (non-hydrogen) atoms. The topological polar surface area (TPSA) is 111 Å². The van der Waals surface area contributed by atoms with Crippen LogP contribution in [0.15, 0.2) is 122 Å². The molecule has 0 fully saturated rings. The zero-order chi connectivity index (χ0) is 52.9. The fraction of sp³-hybridized carbons (Fsp3) is 0.645. The second kappa shape index (κ2) is 50.9. The molecule has 0 saturated heterocycles. The van der Waals surface area contributed by atoms with Gasteiger partial charge in [-0.05, 0) is 89.5 Å². The van der Waals surface area contributed by atoms with Crippen molar-refractivity contribution >= 4 is 19.7 Å². The van der Waals surface area contributed by atoms with Gasteiger partial charge in [0.25, 0.3) is 0 Å². The van der Waals surface area contributed by atoms with E-state index in [-0.39, 0.29) is 25.5 Å². The zero-order valence-electron chi connectivity index (χ0n) is 46.6. The van der Waals surface area contributed by atoms with Gasteiger partial charge in [-0.2, -0.15) is 0 Å². The van der Waals surface area contributed by atoms with E-state index in [2.05, 4.69) is 123 Å². The van der Waals surface area contributed by atoms with Gasteiger partial charge >= 0.3 is 13.8 Å². The molecule has 0 aromatic carbocycles. The Bertz CT molecular complexity index is 1650. The number of allylic oxidation sites excluding steroid dienone is 19. The maximum absolute atomic E-state index is 13.5. The molecule has 0 aliphatic heterocycles. The van der Waals surface area contributed by atoms with E-state index in [1.54, 1.807) is 0 Å². The molecule has 10 heteroatoms. The Kier molecular flexibility index (Phi) is 48.4. The van der Waals surface area contributed by atoms with E-state index in [9.17, 15) is 19.0 Å². The first-order valence-electron chi connectivity index (χ1n) is 28.4. The average Bonchev–Trinajstić information content (AvgIpc) is 3.34. The first-order valence-corrected chi connectivity index (χ1v) is 29.9. The second-order valence-electron chi connectivity index (χ2n) is 19.8. The van der Waals surface area contributed by atoms with Crippen LogP contribution in [0.5, 0.6) is 0 Å². The molecular formula is C62H106N2O7P+. The maximum atomic E-state index is 13.5. The summed E-state index contributed by atoms with van der Waals surface area (Å²) in [6.07, 6.45) is 70.6. The first-order chi connectivity index (χ1) is 34.9. The van der Waals surface area contributed by atoms with Gasteiger partial charge in [0.2, 0.25) is 5.91 Å². The number of phosphoric ester groups is 1. The van der Waals surface area contributed by atoms with Crippen molar-refractivity contribution in [1.29, 1.82) is 0 Å². The van der Waals surface area contributed by atoms with Gasteiger partial charge in [0, 0.05) is 12.8 Å². The molecule has 410 valence electrons. The molecule has 9 nitrogen and oxygen atoms in total. The third-order valence-corrected chi connectivity index (χ3v) is 12.7. The van der Waals surface area contributed by atoms with E-state index >= 15 is 0 Å². The number of rotatable bonds is 49. The predicted molar refractivity (Wildman–Crippen MR) is 309 cm³/mol. The largest absolute Gasteiger partial charge is 0.472 e. The van der Waals surface area contributed by atoms with Crippen molar-refractivity contribution in [2.45, 2.75) is 219 Å². The Hall–Kier alpha value is -3.59. The number of esters is 1. The Balaban J connectivity index is 5.50. The Morgan fingerprint density at radius 2 is 0.972 bits per heavy atom. The summed E-state index contributed by atoms with van der Waals surface area (Å²) >= 11 is 0. The summed E-state index contributed by atoms with van der Waals surface area (Å²) in [4.78, 5) is 37.5. The highest BCUT2D eigenvalue weighted by molar-refractivity contribution is 7.47. The molecular weight excluding hydrogens is 916 g/mol. The van der Waals surface area contributed by atoms with Crippen LogP contribution in [0.4, 0.5) is 0 Å². The third kappa shape index (κ3) is 51.3. The van der Waals surface area contributed by atoms with E-state index in [1.807, 2.05) is 45.4 Å². The van der Waals surface area contributed by atoms with Crippen molar-refractivity contribution in [2.24, 2.45) is 0 Å². The molecule has 0 aliphatic carbocycles. The molecule has 0 aliphatic rings.